The van der Waals surface area contributed by atoms with Gasteiger partial charge in [-0.25, -0.2) is 0 Å². The van der Waals surface area contributed by atoms with Crippen molar-refractivity contribution in [2.75, 3.05) is 25.4 Å². The first-order valence-electron chi connectivity index (χ1n) is 6.21. The number of likely N-dealkylation sites (tertiary alicyclic amines) is 1. The van der Waals surface area contributed by atoms with E-state index in [-0.39, 0.29) is 12.5 Å². The van der Waals surface area contributed by atoms with E-state index in [1.807, 2.05) is 17.0 Å². The topological polar surface area (TPSA) is 53.4 Å². The summed E-state index contributed by atoms with van der Waals surface area (Å²) in [6.07, 6.45) is 5.30. The average Bonchev–Trinajstić information content (AvgIpc) is 2.86. The molecular formula is C13H18N2O2S. The number of aromatic nitrogens is 1. The Morgan fingerprint density at radius 1 is 1.50 bits per heavy atom. The number of pyridine rings is 1. The largest absolute Gasteiger partial charge is 0.396 e. The molecule has 18 heavy (non-hydrogen) atoms. The van der Waals surface area contributed by atoms with Crippen LogP contribution in [0.5, 0.6) is 0 Å². The lowest BCUT2D eigenvalue weighted by Gasteiger charge is -2.16. The summed E-state index contributed by atoms with van der Waals surface area (Å²) in [5, 5.41) is 8.89. The minimum absolute atomic E-state index is 0.192. The number of thioether (sulfide) groups is 1. The van der Waals surface area contributed by atoms with Gasteiger partial charge in [0.05, 0.1) is 5.75 Å². The van der Waals surface area contributed by atoms with Crippen LogP contribution in [-0.2, 0) is 4.79 Å². The van der Waals surface area contributed by atoms with Crippen molar-refractivity contribution in [3.8, 4) is 0 Å². The van der Waals surface area contributed by atoms with Gasteiger partial charge >= 0.3 is 0 Å². The van der Waals surface area contributed by atoms with Crippen LogP contribution in [0.1, 0.15) is 12.8 Å². The van der Waals surface area contributed by atoms with Crippen LogP contribution in [0.2, 0.25) is 0 Å². The van der Waals surface area contributed by atoms with Crippen molar-refractivity contribution in [3.05, 3.63) is 24.5 Å². The number of aliphatic hydroxyl groups excluding tert-OH is 1. The molecular weight excluding hydrogens is 248 g/mol. The van der Waals surface area contributed by atoms with Crippen LogP contribution < -0.4 is 0 Å². The maximum atomic E-state index is 12.0. The maximum Gasteiger partial charge on any atom is 0.232 e. The Bertz CT molecular complexity index is 386. The number of rotatable bonds is 5. The van der Waals surface area contributed by atoms with Crippen LogP contribution in [0.4, 0.5) is 0 Å². The van der Waals surface area contributed by atoms with E-state index in [1.54, 1.807) is 24.2 Å². The molecule has 4 nitrogen and oxygen atoms in total. The summed E-state index contributed by atoms with van der Waals surface area (Å²) in [7, 11) is 0. The molecule has 1 fully saturated rings. The molecule has 98 valence electrons. The summed E-state index contributed by atoms with van der Waals surface area (Å²) < 4.78 is 0. The van der Waals surface area contributed by atoms with Gasteiger partial charge in [0.15, 0.2) is 0 Å². The predicted octanol–water partition coefficient (Wildman–Crippen LogP) is 1.40. The number of carbonyl (C=O) groups excluding carboxylic acids is 1. The number of amides is 1. The minimum Gasteiger partial charge on any atom is -0.396 e. The van der Waals surface area contributed by atoms with Gasteiger partial charge in [-0.15, -0.1) is 11.8 Å². The first-order valence-corrected chi connectivity index (χ1v) is 7.19. The minimum atomic E-state index is 0.192. The third-order valence-electron chi connectivity index (χ3n) is 3.19. The molecule has 1 saturated heterocycles. The molecule has 1 aromatic heterocycles. The van der Waals surface area contributed by atoms with Crippen LogP contribution in [0.3, 0.4) is 0 Å². The summed E-state index contributed by atoms with van der Waals surface area (Å²) >= 11 is 1.55. The summed E-state index contributed by atoms with van der Waals surface area (Å²) in [5.74, 6) is 1.15. The van der Waals surface area contributed by atoms with Gasteiger partial charge in [-0.1, -0.05) is 0 Å². The molecule has 1 amide bonds. The lowest BCUT2D eigenvalue weighted by atomic mass is 10.1. The van der Waals surface area contributed by atoms with Crippen molar-refractivity contribution in [2.24, 2.45) is 5.92 Å². The van der Waals surface area contributed by atoms with Crippen molar-refractivity contribution in [1.29, 1.82) is 0 Å². The Hall–Kier alpha value is -1.07. The van der Waals surface area contributed by atoms with Crippen molar-refractivity contribution < 1.29 is 9.90 Å². The summed E-state index contributed by atoms with van der Waals surface area (Å²) in [4.78, 5) is 18.9. The Balaban J connectivity index is 1.76. The summed E-state index contributed by atoms with van der Waals surface area (Å²) in [6.45, 7) is 1.86. The molecule has 1 aromatic rings. The van der Waals surface area contributed by atoms with Gasteiger partial charge in [0, 0.05) is 37.0 Å². The Labute approximate surface area is 111 Å². The molecule has 0 radical (unpaired) electrons. The molecule has 0 bridgehead atoms. The van der Waals surface area contributed by atoms with Crippen LogP contribution in [-0.4, -0.2) is 46.3 Å². The lowest BCUT2D eigenvalue weighted by Crippen LogP contribution is -2.30. The zero-order valence-electron chi connectivity index (χ0n) is 10.3. The van der Waals surface area contributed by atoms with Gasteiger partial charge in [0.25, 0.3) is 0 Å². The number of aliphatic hydroxyl groups is 1. The SMILES string of the molecule is O=C(CSc1ccncc1)N1CCC(CCO)C1. The quantitative estimate of drug-likeness (QED) is 0.819. The normalized spacial score (nSPS) is 19.2. The molecule has 0 saturated carbocycles. The van der Waals surface area contributed by atoms with Crippen LogP contribution in [0.25, 0.3) is 0 Å². The molecule has 1 N–H and O–H groups in total. The van der Waals surface area contributed by atoms with E-state index in [1.165, 1.54) is 0 Å². The van der Waals surface area contributed by atoms with Crippen molar-refractivity contribution in [3.63, 3.8) is 0 Å². The van der Waals surface area contributed by atoms with E-state index < -0.39 is 0 Å². The van der Waals surface area contributed by atoms with Crippen LogP contribution in [0.15, 0.2) is 29.4 Å². The van der Waals surface area contributed by atoms with Gasteiger partial charge in [-0.3, -0.25) is 9.78 Å². The highest BCUT2D eigenvalue weighted by Gasteiger charge is 2.25. The molecule has 1 aliphatic rings. The number of nitrogens with zero attached hydrogens (tertiary/aromatic N) is 2. The Morgan fingerprint density at radius 3 is 3.00 bits per heavy atom. The first-order chi connectivity index (χ1) is 8.79. The van der Waals surface area contributed by atoms with E-state index in [4.69, 9.17) is 5.11 Å². The summed E-state index contributed by atoms with van der Waals surface area (Å²) in [6, 6.07) is 3.83. The third-order valence-corrected chi connectivity index (χ3v) is 4.18. The average molecular weight is 266 g/mol. The van der Waals surface area contributed by atoms with Crippen molar-refractivity contribution >= 4 is 17.7 Å². The maximum absolute atomic E-state index is 12.0. The second-order valence-electron chi connectivity index (χ2n) is 4.48. The predicted molar refractivity (Wildman–Crippen MR) is 71.4 cm³/mol. The van der Waals surface area contributed by atoms with E-state index >= 15 is 0 Å². The van der Waals surface area contributed by atoms with Gasteiger partial charge in [-0.05, 0) is 30.9 Å². The third kappa shape index (κ3) is 3.71. The molecule has 0 aromatic carbocycles. The fraction of sp³-hybridized carbons (Fsp3) is 0.538. The van der Waals surface area contributed by atoms with Gasteiger partial charge in [-0.2, -0.15) is 0 Å². The van der Waals surface area contributed by atoms with Gasteiger partial charge in [0.1, 0.15) is 0 Å². The van der Waals surface area contributed by atoms with Crippen LogP contribution >= 0.6 is 11.8 Å². The standard InChI is InChI=1S/C13H18N2O2S/c16-8-4-11-3-7-15(9-11)13(17)10-18-12-1-5-14-6-2-12/h1-2,5-6,11,16H,3-4,7-10H2. The second-order valence-corrected chi connectivity index (χ2v) is 5.53. The monoisotopic (exact) mass is 266 g/mol. The fourth-order valence-corrected chi connectivity index (χ4v) is 2.94. The van der Waals surface area contributed by atoms with E-state index in [2.05, 4.69) is 4.98 Å². The second kappa shape index (κ2) is 6.75. The molecule has 1 aliphatic heterocycles. The van der Waals surface area contributed by atoms with Gasteiger partial charge < -0.3 is 10.0 Å². The Kier molecular flexibility index (Phi) is 5.01. The summed E-state index contributed by atoms with van der Waals surface area (Å²) in [5.41, 5.74) is 0. The lowest BCUT2D eigenvalue weighted by molar-refractivity contribution is -0.127. The molecule has 5 heteroatoms. The van der Waals surface area contributed by atoms with E-state index in [9.17, 15) is 4.79 Å². The van der Waals surface area contributed by atoms with Crippen molar-refractivity contribution in [1.82, 2.24) is 9.88 Å². The van der Waals surface area contributed by atoms with Gasteiger partial charge in [0.2, 0.25) is 5.91 Å². The molecule has 0 aliphatic carbocycles. The molecule has 0 spiro atoms. The van der Waals surface area contributed by atoms with Crippen LogP contribution in [0, 0.1) is 5.92 Å². The zero-order chi connectivity index (χ0) is 12.8. The number of hydrogen-bond donors (Lipinski definition) is 1. The van der Waals surface area contributed by atoms with E-state index in [0.29, 0.717) is 11.7 Å². The molecule has 1 atom stereocenters. The van der Waals surface area contributed by atoms with Crippen molar-refractivity contribution in [2.45, 2.75) is 17.7 Å². The molecule has 2 heterocycles. The Morgan fingerprint density at radius 2 is 2.28 bits per heavy atom. The number of hydrogen-bond acceptors (Lipinski definition) is 4. The smallest absolute Gasteiger partial charge is 0.232 e. The first kappa shape index (κ1) is 13.4. The molecule has 2 rings (SSSR count). The zero-order valence-corrected chi connectivity index (χ0v) is 11.1. The highest BCUT2D eigenvalue weighted by Crippen LogP contribution is 2.22. The highest BCUT2D eigenvalue weighted by molar-refractivity contribution is 8.00. The fourth-order valence-electron chi connectivity index (χ4n) is 2.15. The number of carbonyl (C=O) groups is 1. The van der Waals surface area contributed by atoms with E-state index in [0.717, 1.165) is 30.8 Å². The molecule has 1 unspecified atom stereocenters. The highest BCUT2D eigenvalue weighted by atomic mass is 32.2.